The van der Waals surface area contributed by atoms with Crippen molar-refractivity contribution in [3.05, 3.63) is 34.9 Å². The van der Waals surface area contributed by atoms with Crippen LogP contribution in [0.15, 0.2) is 18.2 Å². The maximum atomic E-state index is 5.08. The van der Waals surface area contributed by atoms with Crippen molar-refractivity contribution in [3.8, 4) is 0 Å². The Kier molecular flexibility index (Phi) is 2.85. The van der Waals surface area contributed by atoms with Gasteiger partial charge in [-0.15, -0.1) is 0 Å². The average Bonchev–Trinajstić information content (AvgIpc) is 2.64. The van der Waals surface area contributed by atoms with Crippen LogP contribution >= 0.6 is 0 Å². The second-order valence-electron chi connectivity index (χ2n) is 4.12. The minimum Gasteiger partial charge on any atom is -0.304 e. The normalized spacial score (nSPS) is 16.7. The lowest BCUT2D eigenvalue weighted by molar-refractivity contribution is 0.126. The molecule has 0 aliphatic heterocycles. The summed E-state index contributed by atoms with van der Waals surface area (Å²) in [7, 11) is 0. The van der Waals surface area contributed by atoms with Gasteiger partial charge in [-0.05, 0) is 36.0 Å². The first kappa shape index (κ1) is 9.69. The number of benzene rings is 1. The van der Waals surface area contributed by atoms with Gasteiger partial charge < -0.3 is 4.84 Å². The van der Waals surface area contributed by atoms with Crippen LogP contribution in [0.5, 0.6) is 0 Å². The smallest absolute Gasteiger partial charge is 0.0745 e. The van der Waals surface area contributed by atoms with Gasteiger partial charge in [0, 0.05) is 5.92 Å². The Bertz CT molecular complexity index is 322. The molecule has 1 aliphatic carbocycles. The van der Waals surface area contributed by atoms with E-state index in [0.717, 1.165) is 0 Å². The fourth-order valence-corrected chi connectivity index (χ4v) is 2.14. The van der Waals surface area contributed by atoms with E-state index < -0.39 is 0 Å². The zero-order chi connectivity index (χ0) is 9.97. The van der Waals surface area contributed by atoms with Gasteiger partial charge >= 0.3 is 0 Å². The predicted molar refractivity (Wildman–Crippen MR) is 57.0 cm³/mol. The minimum absolute atomic E-state index is 0.394. The molecule has 1 atom stereocenters. The van der Waals surface area contributed by atoms with Crippen LogP contribution < -0.4 is 5.90 Å². The van der Waals surface area contributed by atoms with Gasteiger partial charge in [0.15, 0.2) is 0 Å². The Labute approximate surface area is 85.0 Å². The van der Waals surface area contributed by atoms with Crippen molar-refractivity contribution in [2.45, 2.75) is 32.1 Å². The Morgan fingerprint density at radius 1 is 1.36 bits per heavy atom. The van der Waals surface area contributed by atoms with Gasteiger partial charge in [-0.1, -0.05) is 25.1 Å². The zero-order valence-electron chi connectivity index (χ0n) is 8.62. The summed E-state index contributed by atoms with van der Waals surface area (Å²) in [6.07, 6.45) is 3.79. The number of fused-ring (bicyclic) bond motifs is 1. The molecule has 0 radical (unpaired) electrons. The van der Waals surface area contributed by atoms with E-state index in [4.69, 9.17) is 5.90 Å². The van der Waals surface area contributed by atoms with Crippen molar-refractivity contribution in [1.82, 2.24) is 0 Å². The highest BCUT2D eigenvalue weighted by atomic mass is 16.6. The second-order valence-corrected chi connectivity index (χ2v) is 4.12. The van der Waals surface area contributed by atoms with Crippen molar-refractivity contribution >= 4 is 0 Å². The molecule has 0 bridgehead atoms. The number of aryl methyl sites for hydroxylation is 2. The van der Waals surface area contributed by atoms with E-state index in [1.807, 2.05) is 0 Å². The van der Waals surface area contributed by atoms with E-state index in [1.54, 1.807) is 0 Å². The van der Waals surface area contributed by atoms with E-state index in [1.165, 1.54) is 36.0 Å². The number of hydrogen-bond acceptors (Lipinski definition) is 2. The quantitative estimate of drug-likeness (QED) is 0.743. The lowest BCUT2D eigenvalue weighted by Crippen LogP contribution is -2.08. The molecule has 0 spiro atoms. The van der Waals surface area contributed by atoms with Gasteiger partial charge in [0.2, 0.25) is 0 Å². The third-order valence-electron chi connectivity index (χ3n) is 3.04. The van der Waals surface area contributed by atoms with Crippen LogP contribution in [0.2, 0.25) is 0 Å². The molecule has 0 amide bonds. The van der Waals surface area contributed by atoms with Gasteiger partial charge in [0.25, 0.3) is 0 Å². The van der Waals surface area contributed by atoms with Crippen LogP contribution in [0.1, 0.15) is 36.0 Å². The molecule has 1 aliphatic rings. The summed E-state index contributed by atoms with van der Waals surface area (Å²) in [6, 6.07) is 6.77. The second kappa shape index (κ2) is 4.11. The van der Waals surface area contributed by atoms with Gasteiger partial charge in [0.1, 0.15) is 0 Å². The largest absolute Gasteiger partial charge is 0.304 e. The molecule has 14 heavy (non-hydrogen) atoms. The summed E-state index contributed by atoms with van der Waals surface area (Å²) < 4.78 is 0. The standard InChI is InChI=1S/C12H17NO/c1-9(8-14-13)11-6-5-10-3-2-4-12(10)7-11/h5-7,9H,2-4,8,13H2,1H3. The third-order valence-corrected chi connectivity index (χ3v) is 3.04. The van der Waals surface area contributed by atoms with E-state index in [2.05, 4.69) is 30.0 Å². The predicted octanol–water partition coefficient (Wildman–Crippen LogP) is 2.17. The van der Waals surface area contributed by atoms with Crippen molar-refractivity contribution in [3.63, 3.8) is 0 Å². The molecule has 0 fully saturated rings. The average molecular weight is 191 g/mol. The fraction of sp³-hybridized carbons (Fsp3) is 0.500. The summed E-state index contributed by atoms with van der Waals surface area (Å²) in [4.78, 5) is 4.68. The summed E-state index contributed by atoms with van der Waals surface area (Å²) >= 11 is 0. The van der Waals surface area contributed by atoms with Crippen LogP contribution in [-0.2, 0) is 17.7 Å². The molecule has 2 nitrogen and oxygen atoms in total. The van der Waals surface area contributed by atoms with Gasteiger partial charge in [-0.3, -0.25) is 0 Å². The molecule has 1 unspecified atom stereocenters. The number of hydrogen-bond donors (Lipinski definition) is 1. The summed E-state index contributed by atoms with van der Waals surface area (Å²) in [5.74, 6) is 5.47. The van der Waals surface area contributed by atoms with Crippen LogP contribution in [0.4, 0.5) is 0 Å². The van der Waals surface area contributed by atoms with Gasteiger partial charge in [0.05, 0.1) is 6.61 Å². The summed E-state index contributed by atoms with van der Waals surface area (Å²) in [5, 5.41) is 0. The Hall–Kier alpha value is -0.860. The highest BCUT2D eigenvalue weighted by Gasteiger charge is 2.13. The Morgan fingerprint density at radius 2 is 2.14 bits per heavy atom. The van der Waals surface area contributed by atoms with Crippen LogP contribution in [0.3, 0.4) is 0 Å². The molecule has 0 aromatic heterocycles. The monoisotopic (exact) mass is 191 g/mol. The molecule has 2 rings (SSSR count). The van der Waals surface area contributed by atoms with E-state index in [9.17, 15) is 0 Å². The Morgan fingerprint density at radius 3 is 2.93 bits per heavy atom. The lowest BCUT2D eigenvalue weighted by Gasteiger charge is -2.11. The molecule has 0 heterocycles. The highest BCUT2D eigenvalue weighted by Crippen LogP contribution is 2.26. The van der Waals surface area contributed by atoms with E-state index in [-0.39, 0.29) is 0 Å². The molecule has 2 heteroatoms. The molecule has 0 saturated carbocycles. The van der Waals surface area contributed by atoms with Gasteiger partial charge in [-0.2, -0.15) is 0 Å². The molecule has 2 N–H and O–H groups in total. The summed E-state index contributed by atoms with van der Waals surface area (Å²) in [5.41, 5.74) is 4.39. The number of nitrogens with two attached hydrogens (primary N) is 1. The fourth-order valence-electron chi connectivity index (χ4n) is 2.14. The molecular weight excluding hydrogens is 174 g/mol. The molecule has 1 aromatic rings. The topological polar surface area (TPSA) is 35.2 Å². The molecule has 1 aromatic carbocycles. The van der Waals surface area contributed by atoms with Crippen molar-refractivity contribution < 1.29 is 4.84 Å². The molecule has 0 saturated heterocycles. The van der Waals surface area contributed by atoms with Crippen LogP contribution in [0.25, 0.3) is 0 Å². The maximum absolute atomic E-state index is 5.08. The van der Waals surface area contributed by atoms with Crippen LogP contribution in [-0.4, -0.2) is 6.61 Å². The first-order valence-corrected chi connectivity index (χ1v) is 5.24. The lowest BCUT2D eigenvalue weighted by atomic mass is 9.98. The SMILES string of the molecule is CC(CON)c1ccc2c(c1)CCC2. The minimum atomic E-state index is 0.394. The van der Waals surface area contributed by atoms with Crippen molar-refractivity contribution in [1.29, 1.82) is 0 Å². The van der Waals surface area contributed by atoms with Gasteiger partial charge in [-0.25, -0.2) is 5.90 Å². The first-order valence-electron chi connectivity index (χ1n) is 5.24. The summed E-state index contributed by atoms with van der Waals surface area (Å²) in [6.45, 7) is 2.74. The first-order chi connectivity index (χ1) is 6.81. The van der Waals surface area contributed by atoms with Crippen molar-refractivity contribution in [2.75, 3.05) is 6.61 Å². The highest BCUT2D eigenvalue weighted by molar-refractivity contribution is 5.36. The molecule has 76 valence electrons. The Balaban J connectivity index is 2.19. The maximum Gasteiger partial charge on any atom is 0.0745 e. The van der Waals surface area contributed by atoms with E-state index in [0.29, 0.717) is 12.5 Å². The third kappa shape index (κ3) is 1.81. The zero-order valence-corrected chi connectivity index (χ0v) is 8.62. The van der Waals surface area contributed by atoms with Crippen molar-refractivity contribution in [2.24, 2.45) is 5.90 Å². The molecular formula is C12H17NO. The van der Waals surface area contributed by atoms with Crippen LogP contribution in [0, 0.1) is 0 Å². The number of rotatable bonds is 3. The van der Waals surface area contributed by atoms with E-state index >= 15 is 0 Å².